The first kappa shape index (κ1) is 18.0. The van der Waals surface area contributed by atoms with Crippen molar-refractivity contribution in [2.45, 2.75) is 0 Å². The van der Waals surface area contributed by atoms with Gasteiger partial charge in [0.05, 0.1) is 32.7 Å². The second-order valence-electron chi connectivity index (χ2n) is 4.70. The van der Waals surface area contributed by atoms with Crippen molar-refractivity contribution in [2.75, 3.05) is 5.32 Å². The summed E-state index contributed by atoms with van der Waals surface area (Å²) >= 11 is 3.10. The highest BCUT2D eigenvalue weighted by Crippen LogP contribution is 2.25. The summed E-state index contributed by atoms with van der Waals surface area (Å²) in [6.45, 7) is 0. The second-order valence-corrected chi connectivity index (χ2v) is 5.62. The van der Waals surface area contributed by atoms with Crippen LogP contribution in [0.25, 0.3) is 0 Å². The summed E-state index contributed by atoms with van der Waals surface area (Å²) in [4.78, 5) is 43.5. The number of aromatic carboxylic acids is 1. The summed E-state index contributed by atoms with van der Waals surface area (Å²) in [7, 11) is 0. The average molecular weight is 410 g/mol. The molecule has 11 heteroatoms. The lowest BCUT2D eigenvalue weighted by Gasteiger charge is -2.09. The van der Waals surface area contributed by atoms with E-state index in [0.717, 1.165) is 18.2 Å². The van der Waals surface area contributed by atoms with Crippen molar-refractivity contribution in [3.05, 3.63) is 72.2 Å². The summed E-state index contributed by atoms with van der Waals surface area (Å²) in [5, 5.41) is 33.2. The standard InChI is InChI=1S/C14H8BrN3O7/c15-8-1-2-12(11(5-8)14(20)21)16-13(19)7-3-9(17(22)23)6-10(4-7)18(24)25/h1-6H,(H,16,19)(H,20,21). The molecule has 0 unspecified atom stereocenters. The number of carboxylic acid groups (broad SMARTS) is 1. The van der Waals surface area contributed by atoms with Gasteiger partial charge in [-0.25, -0.2) is 4.79 Å². The van der Waals surface area contributed by atoms with Crippen LogP contribution in [0.4, 0.5) is 17.1 Å². The zero-order valence-corrected chi connectivity index (χ0v) is 13.7. The third-order valence-corrected chi connectivity index (χ3v) is 3.54. The topological polar surface area (TPSA) is 153 Å². The Balaban J connectivity index is 2.44. The van der Waals surface area contributed by atoms with Gasteiger partial charge in [0.25, 0.3) is 17.3 Å². The molecule has 0 radical (unpaired) electrons. The van der Waals surface area contributed by atoms with Crippen LogP contribution < -0.4 is 5.32 Å². The first-order chi connectivity index (χ1) is 11.7. The quantitative estimate of drug-likeness (QED) is 0.567. The normalized spacial score (nSPS) is 10.1. The number of carbonyl (C=O) groups excluding carboxylic acids is 1. The lowest BCUT2D eigenvalue weighted by molar-refractivity contribution is -0.394. The molecular formula is C14H8BrN3O7. The predicted molar refractivity (Wildman–Crippen MR) is 88.8 cm³/mol. The number of nitrogens with one attached hydrogen (secondary N) is 1. The molecule has 0 fully saturated rings. The minimum atomic E-state index is -1.30. The minimum absolute atomic E-state index is 0.0603. The van der Waals surface area contributed by atoms with Crippen LogP contribution in [0.2, 0.25) is 0 Å². The second kappa shape index (κ2) is 7.05. The van der Waals surface area contributed by atoms with Gasteiger partial charge >= 0.3 is 5.97 Å². The van der Waals surface area contributed by atoms with Crippen molar-refractivity contribution in [1.29, 1.82) is 0 Å². The molecular weight excluding hydrogens is 402 g/mol. The van der Waals surface area contributed by atoms with E-state index in [1.54, 1.807) is 0 Å². The van der Waals surface area contributed by atoms with Gasteiger partial charge in [0.2, 0.25) is 0 Å². The number of nitro groups is 2. The molecule has 0 atom stereocenters. The molecule has 1 amide bonds. The van der Waals surface area contributed by atoms with Crippen LogP contribution >= 0.6 is 15.9 Å². The van der Waals surface area contributed by atoms with Crippen LogP contribution in [0.5, 0.6) is 0 Å². The van der Waals surface area contributed by atoms with Gasteiger partial charge in [-0.2, -0.15) is 0 Å². The molecule has 0 aromatic heterocycles. The number of carboxylic acids is 1. The number of anilines is 1. The van der Waals surface area contributed by atoms with Gasteiger partial charge in [-0.1, -0.05) is 15.9 Å². The Bertz CT molecular complexity index is 881. The Morgan fingerprint density at radius 1 is 1.00 bits per heavy atom. The number of amides is 1. The molecule has 2 rings (SSSR count). The summed E-state index contributed by atoms with van der Waals surface area (Å²) in [5.41, 5.74) is -1.89. The lowest BCUT2D eigenvalue weighted by Crippen LogP contribution is -2.15. The van der Waals surface area contributed by atoms with Crippen molar-refractivity contribution in [1.82, 2.24) is 0 Å². The predicted octanol–water partition coefficient (Wildman–Crippen LogP) is 3.22. The molecule has 10 nitrogen and oxygen atoms in total. The molecule has 128 valence electrons. The van der Waals surface area contributed by atoms with Crippen LogP contribution in [0.3, 0.4) is 0 Å². The monoisotopic (exact) mass is 409 g/mol. The maximum absolute atomic E-state index is 12.3. The van der Waals surface area contributed by atoms with E-state index in [1.165, 1.54) is 18.2 Å². The minimum Gasteiger partial charge on any atom is -0.478 e. The van der Waals surface area contributed by atoms with E-state index in [9.17, 15) is 29.8 Å². The zero-order chi connectivity index (χ0) is 18.7. The molecule has 25 heavy (non-hydrogen) atoms. The van der Waals surface area contributed by atoms with Crippen molar-refractivity contribution in [2.24, 2.45) is 0 Å². The van der Waals surface area contributed by atoms with Crippen molar-refractivity contribution < 1.29 is 24.5 Å². The fraction of sp³-hybridized carbons (Fsp3) is 0. The zero-order valence-electron chi connectivity index (χ0n) is 12.1. The fourth-order valence-corrected chi connectivity index (χ4v) is 2.30. The van der Waals surface area contributed by atoms with E-state index >= 15 is 0 Å². The van der Waals surface area contributed by atoms with Crippen LogP contribution in [0, 0.1) is 20.2 Å². The number of carbonyl (C=O) groups is 2. The molecule has 0 aliphatic carbocycles. The van der Waals surface area contributed by atoms with Crippen LogP contribution in [0.15, 0.2) is 40.9 Å². The number of nitrogens with zero attached hydrogens (tertiary/aromatic N) is 2. The molecule has 0 bridgehead atoms. The number of rotatable bonds is 5. The molecule has 2 aromatic carbocycles. The number of non-ortho nitro benzene ring substituents is 2. The van der Waals surface area contributed by atoms with Gasteiger partial charge in [-0.3, -0.25) is 25.0 Å². The first-order valence-electron chi connectivity index (χ1n) is 6.47. The fourth-order valence-electron chi connectivity index (χ4n) is 1.93. The van der Waals surface area contributed by atoms with E-state index in [4.69, 9.17) is 5.11 Å². The Morgan fingerprint density at radius 2 is 1.56 bits per heavy atom. The summed E-state index contributed by atoms with van der Waals surface area (Å²) in [6.07, 6.45) is 0. The highest BCUT2D eigenvalue weighted by atomic mass is 79.9. The number of benzene rings is 2. The molecule has 0 aliphatic rings. The first-order valence-corrected chi connectivity index (χ1v) is 7.26. The van der Waals surface area contributed by atoms with E-state index in [2.05, 4.69) is 21.2 Å². The van der Waals surface area contributed by atoms with Gasteiger partial charge in [-0.15, -0.1) is 0 Å². The maximum Gasteiger partial charge on any atom is 0.337 e. The van der Waals surface area contributed by atoms with Crippen molar-refractivity contribution >= 4 is 44.9 Å². The average Bonchev–Trinajstić information content (AvgIpc) is 2.55. The number of hydrogen-bond donors (Lipinski definition) is 2. The maximum atomic E-state index is 12.3. The Hall–Kier alpha value is -3.34. The van der Waals surface area contributed by atoms with Gasteiger partial charge < -0.3 is 10.4 Å². The van der Waals surface area contributed by atoms with E-state index < -0.39 is 33.1 Å². The van der Waals surface area contributed by atoms with Gasteiger partial charge in [-0.05, 0) is 18.2 Å². The SMILES string of the molecule is O=C(Nc1ccc(Br)cc1C(=O)O)c1cc([N+](=O)[O-])cc([N+](=O)[O-])c1. The molecule has 0 heterocycles. The third kappa shape index (κ3) is 4.14. The Kier molecular flexibility index (Phi) is 5.08. The summed E-state index contributed by atoms with van der Waals surface area (Å²) < 4.78 is 0.467. The molecule has 0 spiro atoms. The van der Waals surface area contributed by atoms with E-state index in [1.807, 2.05) is 0 Å². The lowest BCUT2D eigenvalue weighted by atomic mass is 10.1. The molecule has 2 N–H and O–H groups in total. The van der Waals surface area contributed by atoms with Crippen molar-refractivity contribution in [3.63, 3.8) is 0 Å². The summed E-state index contributed by atoms with van der Waals surface area (Å²) in [5.74, 6) is -2.22. The van der Waals surface area contributed by atoms with E-state index in [0.29, 0.717) is 4.47 Å². The van der Waals surface area contributed by atoms with Crippen molar-refractivity contribution in [3.8, 4) is 0 Å². The van der Waals surface area contributed by atoms with Gasteiger partial charge in [0.1, 0.15) is 0 Å². The van der Waals surface area contributed by atoms with Crippen LogP contribution in [-0.4, -0.2) is 26.8 Å². The summed E-state index contributed by atoms with van der Waals surface area (Å²) in [6, 6.07) is 6.51. The molecule has 2 aromatic rings. The third-order valence-electron chi connectivity index (χ3n) is 3.05. The van der Waals surface area contributed by atoms with Gasteiger partial charge in [0.15, 0.2) is 0 Å². The Morgan fingerprint density at radius 3 is 2.04 bits per heavy atom. The molecule has 0 saturated heterocycles. The number of halogens is 1. The van der Waals surface area contributed by atoms with Crippen LogP contribution in [-0.2, 0) is 0 Å². The van der Waals surface area contributed by atoms with Crippen LogP contribution in [0.1, 0.15) is 20.7 Å². The number of nitro benzene ring substituents is 2. The van der Waals surface area contributed by atoms with Gasteiger partial charge in [0, 0.05) is 16.6 Å². The highest BCUT2D eigenvalue weighted by molar-refractivity contribution is 9.10. The number of hydrogen-bond acceptors (Lipinski definition) is 6. The van der Waals surface area contributed by atoms with E-state index in [-0.39, 0.29) is 16.8 Å². The Labute approximate surface area is 147 Å². The molecule has 0 saturated carbocycles. The molecule has 0 aliphatic heterocycles. The smallest absolute Gasteiger partial charge is 0.337 e. The highest BCUT2D eigenvalue weighted by Gasteiger charge is 2.21. The largest absolute Gasteiger partial charge is 0.478 e.